The number of amides is 2. The first-order valence-corrected chi connectivity index (χ1v) is 7.36. The lowest BCUT2D eigenvalue weighted by Gasteiger charge is -2.31. The van der Waals surface area contributed by atoms with Gasteiger partial charge in [0.05, 0.1) is 16.0 Å². The number of carbonyl (C=O) groups is 2. The van der Waals surface area contributed by atoms with Crippen molar-refractivity contribution < 1.29 is 9.59 Å². The van der Waals surface area contributed by atoms with E-state index in [2.05, 4.69) is 10.6 Å². The van der Waals surface area contributed by atoms with Crippen LogP contribution < -0.4 is 16.4 Å². The molecule has 0 radical (unpaired) electrons. The Bertz CT molecular complexity index is 566. The number of benzene rings is 1. The zero-order valence-electron chi connectivity index (χ0n) is 12.2. The molecule has 1 aromatic carbocycles. The zero-order chi connectivity index (χ0) is 15.6. The molecule has 1 fully saturated rings. The molecule has 1 heterocycles. The third kappa shape index (κ3) is 3.04. The van der Waals surface area contributed by atoms with Gasteiger partial charge in [-0.25, -0.2) is 0 Å². The molecule has 6 heteroatoms. The van der Waals surface area contributed by atoms with E-state index < -0.39 is 11.3 Å². The largest absolute Gasteiger partial charge is 0.366 e. The average molecular weight is 310 g/mol. The van der Waals surface area contributed by atoms with Crippen molar-refractivity contribution >= 4 is 29.1 Å². The van der Waals surface area contributed by atoms with Gasteiger partial charge in [-0.3, -0.25) is 9.59 Å². The Hall–Kier alpha value is -1.59. The van der Waals surface area contributed by atoms with Gasteiger partial charge >= 0.3 is 0 Å². The van der Waals surface area contributed by atoms with Crippen molar-refractivity contribution in [3.8, 4) is 0 Å². The Labute approximate surface area is 129 Å². The van der Waals surface area contributed by atoms with Crippen molar-refractivity contribution in [1.29, 1.82) is 0 Å². The molecule has 1 aliphatic rings. The Kier molecular flexibility index (Phi) is 4.54. The molecule has 0 saturated carbocycles. The molecule has 0 aromatic heterocycles. The Morgan fingerprint density at radius 1 is 1.43 bits per heavy atom. The molecule has 5 nitrogen and oxygen atoms in total. The number of nitrogens with one attached hydrogen (secondary N) is 2. The van der Waals surface area contributed by atoms with Crippen molar-refractivity contribution in [3.63, 3.8) is 0 Å². The highest BCUT2D eigenvalue weighted by atomic mass is 35.5. The highest BCUT2D eigenvalue weighted by Gasteiger charge is 2.43. The number of primary amides is 1. The average Bonchev–Trinajstić information content (AvgIpc) is 2.91. The summed E-state index contributed by atoms with van der Waals surface area (Å²) >= 11 is 5.91. The predicted octanol–water partition coefficient (Wildman–Crippen LogP) is 2.01. The summed E-state index contributed by atoms with van der Waals surface area (Å²) in [5.74, 6) is -0.437. The van der Waals surface area contributed by atoms with Gasteiger partial charge in [0.1, 0.15) is 0 Å². The number of anilines is 1. The quantitative estimate of drug-likeness (QED) is 0.795. The van der Waals surface area contributed by atoms with Gasteiger partial charge in [-0.15, -0.1) is 0 Å². The van der Waals surface area contributed by atoms with Gasteiger partial charge in [-0.05, 0) is 37.1 Å². The van der Waals surface area contributed by atoms with Crippen molar-refractivity contribution in [1.82, 2.24) is 5.32 Å². The fourth-order valence-electron chi connectivity index (χ4n) is 2.71. The molecule has 4 N–H and O–H groups in total. The molecule has 21 heavy (non-hydrogen) atoms. The van der Waals surface area contributed by atoms with Gasteiger partial charge < -0.3 is 16.4 Å². The lowest BCUT2D eigenvalue weighted by atomic mass is 9.75. The molecular formula is C15H20ClN3O2. The van der Waals surface area contributed by atoms with E-state index in [1.165, 1.54) is 6.07 Å². The normalized spacial score (nSPS) is 21.5. The van der Waals surface area contributed by atoms with Crippen LogP contribution in [0.2, 0.25) is 5.02 Å². The van der Waals surface area contributed by atoms with Crippen LogP contribution in [0.5, 0.6) is 0 Å². The molecule has 1 saturated heterocycles. The molecule has 0 bridgehead atoms. The van der Waals surface area contributed by atoms with Crippen LogP contribution >= 0.6 is 11.6 Å². The van der Waals surface area contributed by atoms with Gasteiger partial charge in [-0.2, -0.15) is 0 Å². The first-order chi connectivity index (χ1) is 9.86. The van der Waals surface area contributed by atoms with Gasteiger partial charge in [0.25, 0.3) is 0 Å². The molecular weight excluding hydrogens is 290 g/mol. The summed E-state index contributed by atoms with van der Waals surface area (Å²) < 4.78 is 0. The maximum atomic E-state index is 12.6. The number of hydrogen-bond donors (Lipinski definition) is 3. The molecule has 1 unspecified atom stereocenters. The minimum Gasteiger partial charge on any atom is -0.366 e. The van der Waals surface area contributed by atoms with Gasteiger partial charge in [0.15, 0.2) is 0 Å². The zero-order valence-corrected chi connectivity index (χ0v) is 13.0. The first-order valence-electron chi connectivity index (χ1n) is 6.98. The molecule has 1 aromatic rings. The maximum Gasteiger partial charge on any atom is 0.250 e. The second-order valence-electron chi connectivity index (χ2n) is 5.75. The van der Waals surface area contributed by atoms with Crippen molar-refractivity contribution in [2.75, 3.05) is 18.4 Å². The van der Waals surface area contributed by atoms with Crippen LogP contribution in [0.25, 0.3) is 0 Å². The summed E-state index contributed by atoms with van der Waals surface area (Å²) in [6.45, 7) is 5.58. The van der Waals surface area contributed by atoms with E-state index in [9.17, 15) is 9.59 Å². The number of hydrogen-bond acceptors (Lipinski definition) is 3. The van der Waals surface area contributed by atoms with Crippen LogP contribution in [0.15, 0.2) is 18.2 Å². The van der Waals surface area contributed by atoms with Crippen LogP contribution in [-0.2, 0) is 4.79 Å². The monoisotopic (exact) mass is 309 g/mol. The molecule has 0 aliphatic carbocycles. The van der Waals surface area contributed by atoms with E-state index >= 15 is 0 Å². The molecule has 114 valence electrons. The van der Waals surface area contributed by atoms with E-state index in [1.807, 2.05) is 13.8 Å². The van der Waals surface area contributed by atoms with E-state index in [4.69, 9.17) is 17.3 Å². The molecule has 1 aliphatic heterocycles. The van der Waals surface area contributed by atoms with Crippen LogP contribution in [0.1, 0.15) is 30.6 Å². The lowest BCUT2D eigenvalue weighted by molar-refractivity contribution is -0.126. The lowest BCUT2D eigenvalue weighted by Crippen LogP contribution is -2.42. The SMILES string of the molecule is CC(C)C1(C(=O)Nc2ccc(Cl)c(C(N)=O)c2)CCNC1. The second-order valence-corrected chi connectivity index (χ2v) is 6.16. The summed E-state index contributed by atoms with van der Waals surface area (Å²) in [4.78, 5) is 23.9. The van der Waals surface area contributed by atoms with E-state index in [0.717, 1.165) is 13.0 Å². The third-order valence-corrected chi connectivity index (χ3v) is 4.56. The van der Waals surface area contributed by atoms with Crippen molar-refractivity contribution in [2.24, 2.45) is 17.1 Å². The standard InChI is InChI=1S/C15H20ClN3O2/c1-9(2)15(5-6-18-8-15)14(21)19-10-3-4-12(16)11(7-10)13(17)20/h3-4,7,9,18H,5-6,8H2,1-2H3,(H2,17,20)(H,19,21). The predicted molar refractivity (Wildman–Crippen MR) is 83.4 cm³/mol. The third-order valence-electron chi connectivity index (χ3n) is 4.24. The molecule has 0 spiro atoms. The van der Waals surface area contributed by atoms with E-state index in [0.29, 0.717) is 12.2 Å². The Balaban J connectivity index is 2.23. The second kappa shape index (κ2) is 6.03. The van der Waals surface area contributed by atoms with Crippen LogP contribution in [0.4, 0.5) is 5.69 Å². The van der Waals surface area contributed by atoms with E-state index in [1.54, 1.807) is 12.1 Å². The fourth-order valence-corrected chi connectivity index (χ4v) is 2.92. The summed E-state index contributed by atoms with van der Waals surface area (Å²) in [7, 11) is 0. The highest BCUT2D eigenvalue weighted by molar-refractivity contribution is 6.34. The number of halogens is 1. The van der Waals surface area contributed by atoms with Gasteiger partial charge in [0, 0.05) is 12.2 Å². The number of nitrogens with two attached hydrogens (primary N) is 1. The highest BCUT2D eigenvalue weighted by Crippen LogP contribution is 2.35. The number of carbonyl (C=O) groups excluding carboxylic acids is 2. The summed E-state index contributed by atoms with van der Waals surface area (Å²) in [6.07, 6.45) is 0.798. The molecule has 1 atom stereocenters. The summed E-state index contributed by atoms with van der Waals surface area (Å²) in [5, 5.41) is 6.41. The van der Waals surface area contributed by atoms with Crippen LogP contribution in [0.3, 0.4) is 0 Å². The van der Waals surface area contributed by atoms with Crippen LogP contribution in [0, 0.1) is 11.3 Å². The maximum absolute atomic E-state index is 12.6. The molecule has 2 rings (SSSR count). The van der Waals surface area contributed by atoms with E-state index in [-0.39, 0.29) is 22.4 Å². The minimum absolute atomic E-state index is 0.0414. The fraction of sp³-hybridized carbons (Fsp3) is 0.467. The molecule has 2 amide bonds. The Morgan fingerprint density at radius 2 is 2.14 bits per heavy atom. The first kappa shape index (κ1) is 15.8. The van der Waals surface area contributed by atoms with Gasteiger partial charge in [-0.1, -0.05) is 25.4 Å². The summed E-state index contributed by atoms with van der Waals surface area (Å²) in [6, 6.07) is 4.74. The van der Waals surface area contributed by atoms with Crippen molar-refractivity contribution in [2.45, 2.75) is 20.3 Å². The van der Waals surface area contributed by atoms with Crippen molar-refractivity contribution in [3.05, 3.63) is 28.8 Å². The van der Waals surface area contributed by atoms with Crippen LogP contribution in [-0.4, -0.2) is 24.9 Å². The summed E-state index contributed by atoms with van der Waals surface area (Å²) in [5.41, 5.74) is 5.58. The Morgan fingerprint density at radius 3 is 2.67 bits per heavy atom. The smallest absolute Gasteiger partial charge is 0.250 e. The minimum atomic E-state index is -0.614. The number of rotatable bonds is 4. The topological polar surface area (TPSA) is 84.2 Å². The van der Waals surface area contributed by atoms with Gasteiger partial charge in [0.2, 0.25) is 11.8 Å².